The Balaban J connectivity index is 1.56. The highest BCUT2D eigenvalue weighted by Crippen LogP contribution is 2.51. The zero-order chi connectivity index (χ0) is 20.3. The molecule has 0 N–H and O–H groups in total. The van der Waals surface area contributed by atoms with Gasteiger partial charge in [0.25, 0.3) is 0 Å². The van der Waals surface area contributed by atoms with Gasteiger partial charge in [-0.1, -0.05) is 6.92 Å². The van der Waals surface area contributed by atoms with Crippen LogP contribution in [0.25, 0.3) is 0 Å². The van der Waals surface area contributed by atoms with Crippen LogP contribution in [0.2, 0.25) is 0 Å². The molecule has 29 heavy (non-hydrogen) atoms. The highest BCUT2D eigenvalue weighted by molar-refractivity contribution is 6.33. The minimum absolute atomic E-state index is 0.0839. The van der Waals surface area contributed by atoms with Crippen LogP contribution in [0.4, 0.5) is 0 Å². The van der Waals surface area contributed by atoms with Crippen molar-refractivity contribution in [3.63, 3.8) is 0 Å². The third-order valence-corrected chi connectivity index (χ3v) is 6.64. The zero-order valence-electron chi connectivity index (χ0n) is 16.4. The molecule has 0 amide bonds. The van der Waals surface area contributed by atoms with E-state index in [9.17, 15) is 14.4 Å². The number of esters is 2. The monoisotopic (exact) mass is 401 g/mol. The first-order valence-electron chi connectivity index (χ1n) is 10.1. The normalized spacial score (nSPS) is 32.1. The van der Waals surface area contributed by atoms with Gasteiger partial charge in [0, 0.05) is 18.4 Å². The lowest BCUT2D eigenvalue weighted by Crippen LogP contribution is -2.55. The van der Waals surface area contributed by atoms with Crippen molar-refractivity contribution in [2.75, 3.05) is 20.4 Å². The van der Waals surface area contributed by atoms with E-state index in [4.69, 9.17) is 18.9 Å². The van der Waals surface area contributed by atoms with Gasteiger partial charge in [0.05, 0.1) is 5.56 Å². The van der Waals surface area contributed by atoms with Crippen molar-refractivity contribution in [1.29, 1.82) is 0 Å². The van der Waals surface area contributed by atoms with E-state index < -0.39 is 29.9 Å². The lowest BCUT2D eigenvalue weighted by molar-refractivity contribution is -0.168. The second-order valence-corrected chi connectivity index (χ2v) is 8.16. The summed E-state index contributed by atoms with van der Waals surface area (Å²) in [7, 11) is 2.07. The van der Waals surface area contributed by atoms with Crippen LogP contribution in [-0.4, -0.2) is 61.3 Å². The van der Waals surface area contributed by atoms with Crippen molar-refractivity contribution in [3.05, 3.63) is 23.3 Å². The van der Waals surface area contributed by atoms with Crippen LogP contribution in [0.5, 0.6) is 11.5 Å². The van der Waals surface area contributed by atoms with Crippen molar-refractivity contribution in [2.45, 2.75) is 50.4 Å². The molecule has 1 aliphatic carbocycles. The molecule has 154 valence electrons. The molecule has 0 radical (unpaired) electrons. The number of likely N-dealkylation sites (tertiary alicyclic amines) is 1. The molecule has 5 atom stereocenters. The predicted molar refractivity (Wildman–Crippen MR) is 98.8 cm³/mol. The Morgan fingerprint density at radius 3 is 2.76 bits per heavy atom. The van der Waals surface area contributed by atoms with Crippen molar-refractivity contribution in [1.82, 2.24) is 4.90 Å². The molecular formula is C21H23NO7. The Morgan fingerprint density at radius 2 is 2.00 bits per heavy atom. The maximum absolute atomic E-state index is 12.8. The Labute approximate surface area is 168 Å². The fraction of sp³-hybridized carbons (Fsp3) is 0.571. The molecule has 1 saturated carbocycles. The summed E-state index contributed by atoms with van der Waals surface area (Å²) in [6.07, 6.45) is 0.352. The average molecular weight is 401 g/mol. The van der Waals surface area contributed by atoms with E-state index in [2.05, 4.69) is 11.9 Å². The number of rotatable bonds is 3. The first-order chi connectivity index (χ1) is 14.0. The standard InChI is InChI=1S/C21H23NO7/c1-3-13(23)21(25)28-16-6-10-4-5-22(2)18(10)17-11-7-14-15(27-9-26-14)8-12(11)20(24)29-19(16)17/h7-8,10,16-19H,3-6,9H2,1-2H3/t10-,16+,17+,18-,19+/m1/s1. The molecule has 8 heteroatoms. The number of hydrogen-bond acceptors (Lipinski definition) is 8. The van der Waals surface area contributed by atoms with Crippen LogP contribution in [-0.2, 0) is 19.1 Å². The van der Waals surface area contributed by atoms with Crippen molar-refractivity contribution in [2.24, 2.45) is 5.92 Å². The summed E-state index contributed by atoms with van der Waals surface area (Å²) in [4.78, 5) is 39.1. The number of ketones is 1. The summed E-state index contributed by atoms with van der Waals surface area (Å²) >= 11 is 0. The Morgan fingerprint density at radius 1 is 1.24 bits per heavy atom. The summed E-state index contributed by atoms with van der Waals surface area (Å²) in [6.45, 7) is 2.66. The third-order valence-electron chi connectivity index (χ3n) is 6.64. The summed E-state index contributed by atoms with van der Waals surface area (Å²) in [5.41, 5.74) is 1.30. The van der Waals surface area contributed by atoms with Crippen LogP contribution in [0.1, 0.15) is 48.0 Å². The summed E-state index contributed by atoms with van der Waals surface area (Å²) < 4.78 is 22.3. The quantitative estimate of drug-likeness (QED) is 0.558. The predicted octanol–water partition coefficient (Wildman–Crippen LogP) is 1.65. The number of carbonyl (C=O) groups excluding carboxylic acids is 3. The van der Waals surface area contributed by atoms with Gasteiger partial charge in [-0.2, -0.15) is 0 Å². The van der Waals surface area contributed by atoms with Gasteiger partial charge in [0.15, 0.2) is 11.5 Å². The molecule has 0 spiro atoms. The SMILES string of the molecule is CCC(=O)C(=O)O[C@H]1C[C@H]2CCN(C)[C@H]2[C@@H]2c3cc4c(cc3C(=O)O[C@H]21)OCO4. The largest absolute Gasteiger partial charge is 0.454 e. The molecule has 2 fully saturated rings. The lowest BCUT2D eigenvalue weighted by Gasteiger charge is -2.47. The highest BCUT2D eigenvalue weighted by atomic mass is 16.7. The number of nitrogens with zero attached hydrogens (tertiary/aromatic N) is 1. The third kappa shape index (κ3) is 2.80. The van der Waals surface area contributed by atoms with Gasteiger partial charge in [0.1, 0.15) is 12.2 Å². The molecule has 3 heterocycles. The van der Waals surface area contributed by atoms with Crippen LogP contribution < -0.4 is 9.47 Å². The number of likely N-dealkylation sites (N-methyl/N-ethyl adjacent to an activating group) is 1. The number of ether oxygens (including phenoxy) is 4. The van der Waals surface area contributed by atoms with Gasteiger partial charge in [-0.05, 0) is 50.0 Å². The van der Waals surface area contributed by atoms with Crippen LogP contribution in [0.15, 0.2) is 12.1 Å². The molecule has 1 aromatic carbocycles. The average Bonchev–Trinajstić information content (AvgIpc) is 3.32. The minimum atomic E-state index is -0.853. The molecule has 8 nitrogen and oxygen atoms in total. The number of Topliss-reactive ketones (excluding diaryl/α,β-unsaturated/α-hetero) is 1. The van der Waals surface area contributed by atoms with Gasteiger partial charge in [-0.15, -0.1) is 0 Å². The molecule has 0 aromatic heterocycles. The smallest absolute Gasteiger partial charge is 0.374 e. The van der Waals surface area contributed by atoms with Crippen molar-refractivity contribution in [3.8, 4) is 11.5 Å². The van der Waals surface area contributed by atoms with E-state index in [0.29, 0.717) is 23.5 Å². The summed E-state index contributed by atoms with van der Waals surface area (Å²) in [5, 5.41) is 0. The first kappa shape index (κ1) is 18.4. The Bertz CT molecular complexity index is 897. The van der Waals surface area contributed by atoms with E-state index >= 15 is 0 Å². The highest BCUT2D eigenvalue weighted by Gasteiger charge is 2.55. The van der Waals surface area contributed by atoms with Gasteiger partial charge in [0.2, 0.25) is 12.6 Å². The van der Waals surface area contributed by atoms with E-state index in [-0.39, 0.29) is 31.1 Å². The molecular weight excluding hydrogens is 378 g/mol. The van der Waals surface area contributed by atoms with E-state index in [1.54, 1.807) is 13.0 Å². The Hall–Kier alpha value is -2.61. The second-order valence-electron chi connectivity index (χ2n) is 8.16. The topological polar surface area (TPSA) is 91.4 Å². The fourth-order valence-electron chi connectivity index (χ4n) is 5.30. The molecule has 1 aromatic rings. The number of hydrogen-bond donors (Lipinski definition) is 0. The molecule has 1 saturated heterocycles. The van der Waals surface area contributed by atoms with Gasteiger partial charge in [-0.25, -0.2) is 9.59 Å². The molecule has 4 aliphatic rings. The molecule has 3 aliphatic heterocycles. The van der Waals surface area contributed by atoms with Gasteiger partial charge in [-0.3, -0.25) is 4.79 Å². The van der Waals surface area contributed by atoms with Crippen molar-refractivity contribution < 1.29 is 33.3 Å². The van der Waals surface area contributed by atoms with E-state index in [1.807, 2.05) is 6.07 Å². The maximum atomic E-state index is 12.8. The number of fused-ring (bicyclic) bond motifs is 6. The summed E-state index contributed by atoms with van der Waals surface area (Å²) in [6, 6.07) is 3.69. The van der Waals surface area contributed by atoms with Crippen LogP contribution in [0.3, 0.4) is 0 Å². The molecule has 0 unspecified atom stereocenters. The first-order valence-corrected chi connectivity index (χ1v) is 10.1. The van der Waals surface area contributed by atoms with E-state index in [0.717, 1.165) is 18.5 Å². The van der Waals surface area contributed by atoms with E-state index in [1.165, 1.54) is 0 Å². The van der Waals surface area contributed by atoms with Gasteiger partial charge >= 0.3 is 11.9 Å². The Kier molecular flexibility index (Phi) is 4.27. The van der Waals surface area contributed by atoms with Gasteiger partial charge < -0.3 is 23.8 Å². The fourth-order valence-corrected chi connectivity index (χ4v) is 5.30. The van der Waals surface area contributed by atoms with Crippen LogP contribution in [0, 0.1) is 5.92 Å². The lowest BCUT2D eigenvalue weighted by atomic mass is 9.69. The number of carbonyl (C=O) groups is 3. The molecule has 5 rings (SSSR count). The summed E-state index contributed by atoms with van der Waals surface area (Å²) in [5.74, 6) is -0.644. The minimum Gasteiger partial charge on any atom is -0.454 e. The maximum Gasteiger partial charge on any atom is 0.374 e. The second kappa shape index (κ2) is 6.73. The molecule has 0 bridgehead atoms. The van der Waals surface area contributed by atoms with Crippen LogP contribution >= 0.6 is 0 Å². The number of benzene rings is 1. The zero-order valence-corrected chi connectivity index (χ0v) is 16.4. The van der Waals surface area contributed by atoms with Crippen molar-refractivity contribution >= 4 is 17.7 Å².